The molecule has 0 saturated carbocycles. The van der Waals surface area contributed by atoms with Crippen LogP contribution in [0.15, 0.2) is 18.2 Å². The molecule has 18 heavy (non-hydrogen) atoms. The Morgan fingerprint density at radius 3 is 2.67 bits per heavy atom. The molecule has 3 nitrogen and oxygen atoms in total. The lowest BCUT2D eigenvalue weighted by Crippen LogP contribution is -2.31. The highest BCUT2D eigenvalue weighted by Crippen LogP contribution is 2.21. The fourth-order valence-corrected chi connectivity index (χ4v) is 1.91. The monoisotopic (exact) mass is 286 g/mol. The maximum atomic E-state index is 11.0. The molecule has 0 fully saturated rings. The highest BCUT2D eigenvalue weighted by molar-refractivity contribution is 7.99. The topological polar surface area (TPSA) is 55.1 Å². The molecule has 0 heterocycles. The minimum Gasteiger partial charge on any atom is -0.366 e. The molecule has 0 aliphatic rings. The number of primary amides is 1. The number of halogens is 1. The van der Waals surface area contributed by atoms with E-state index in [1.165, 1.54) is 0 Å². The average Bonchev–Trinajstić information content (AvgIpc) is 2.31. The van der Waals surface area contributed by atoms with Gasteiger partial charge in [-0.2, -0.15) is 11.8 Å². The van der Waals surface area contributed by atoms with Gasteiger partial charge in [-0.3, -0.25) is 4.79 Å². The van der Waals surface area contributed by atoms with Crippen molar-refractivity contribution in [1.29, 1.82) is 0 Å². The number of amides is 1. The summed E-state index contributed by atoms with van der Waals surface area (Å²) >= 11 is 7.92. The molecule has 0 radical (unpaired) electrons. The predicted molar refractivity (Wildman–Crippen MR) is 79.3 cm³/mol. The van der Waals surface area contributed by atoms with Crippen molar-refractivity contribution in [2.75, 3.05) is 12.8 Å². The Labute approximate surface area is 117 Å². The number of rotatable bonds is 6. The van der Waals surface area contributed by atoms with E-state index in [9.17, 15) is 4.79 Å². The van der Waals surface area contributed by atoms with Crippen LogP contribution in [-0.4, -0.2) is 23.5 Å². The Hall–Kier alpha value is -0.710. The Morgan fingerprint density at radius 1 is 1.50 bits per heavy atom. The SMILES string of the molecule is CSC(C)(C)CNCc1ccc(C(N)=O)cc1Cl. The molecule has 0 aliphatic carbocycles. The Morgan fingerprint density at radius 2 is 2.17 bits per heavy atom. The van der Waals surface area contributed by atoms with E-state index in [0.29, 0.717) is 17.1 Å². The highest BCUT2D eigenvalue weighted by atomic mass is 35.5. The lowest BCUT2D eigenvalue weighted by molar-refractivity contribution is 0.100. The smallest absolute Gasteiger partial charge is 0.248 e. The molecule has 0 aliphatic heterocycles. The number of thioether (sulfide) groups is 1. The van der Waals surface area contributed by atoms with E-state index < -0.39 is 5.91 Å². The van der Waals surface area contributed by atoms with Crippen LogP contribution in [-0.2, 0) is 6.54 Å². The molecule has 0 bridgehead atoms. The van der Waals surface area contributed by atoms with Gasteiger partial charge in [-0.1, -0.05) is 17.7 Å². The Kier molecular flexibility index (Phi) is 5.50. The number of hydrogen-bond acceptors (Lipinski definition) is 3. The van der Waals surface area contributed by atoms with Gasteiger partial charge in [0.2, 0.25) is 5.91 Å². The lowest BCUT2D eigenvalue weighted by atomic mass is 10.1. The summed E-state index contributed by atoms with van der Waals surface area (Å²) in [5, 5.41) is 3.93. The van der Waals surface area contributed by atoms with Crippen molar-refractivity contribution < 1.29 is 4.79 Å². The normalized spacial score (nSPS) is 11.6. The quantitative estimate of drug-likeness (QED) is 0.845. The molecule has 1 aromatic rings. The van der Waals surface area contributed by atoms with Crippen LogP contribution in [0.4, 0.5) is 0 Å². The second-order valence-corrected chi connectivity index (χ2v) is 6.66. The molecule has 1 aromatic carbocycles. The third-order valence-electron chi connectivity index (χ3n) is 2.76. The molecular formula is C13H19ClN2OS. The van der Waals surface area contributed by atoms with E-state index in [1.807, 2.05) is 17.8 Å². The van der Waals surface area contributed by atoms with E-state index in [4.69, 9.17) is 17.3 Å². The summed E-state index contributed by atoms with van der Waals surface area (Å²) in [6, 6.07) is 5.15. The van der Waals surface area contributed by atoms with Crippen LogP contribution in [0.3, 0.4) is 0 Å². The summed E-state index contributed by atoms with van der Waals surface area (Å²) in [5.41, 5.74) is 6.60. The van der Waals surface area contributed by atoms with Gasteiger partial charge in [0.15, 0.2) is 0 Å². The second kappa shape index (κ2) is 6.45. The molecule has 0 saturated heterocycles. The summed E-state index contributed by atoms with van der Waals surface area (Å²) in [5.74, 6) is -0.458. The van der Waals surface area contributed by atoms with E-state index in [-0.39, 0.29) is 4.75 Å². The Balaban J connectivity index is 2.61. The average molecular weight is 287 g/mol. The summed E-state index contributed by atoms with van der Waals surface area (Å²) in [7, 11) is 0. The minimum atomic E-state index is -0.458. The molecule has 0 unspecified atom stereocenters. The maximum absolute atomic E-state index is 11.0. The van der Waals surface area contributed by atoms with Gasteiger partial charge in [-0.05, 0) is 37.8 Å². The van der Waals surface area contributed by atoms with Gasteiger partial charge in [0.05, 0.1) is 0 Å². The summed E-state index contributed by atoms with van der Waals surface area (Å²) < 4.78 is 0.194. The fraction of sp³-hybridized carbons (Fsp3) is 0.462. The molecule has 100 valence electrons. The van der Waals surface area contributed by atoms with Crippen LogP contribution in [0.25, 0.3) is 0 Å². The van der Waals surface area contributed by atoms with Crippen molar-refractivity contribution in [1.82, 2.24) is 5.32 Å². The Bertz CT molecular complexity index is 435. The first-order valence-electron chi connectivity index (χ1n) is 5.70. The lowest BCUT2D eigenvalue weighted by Gasteiger charge is -2.22. The van der Waals surface area contributed by atoms with Crippen LogP contribution in [0, 0.1) is 0 Å². The van der Waals surface area contributed by atoms with Crippen LogP contribution in [0.5, 0.6) is 0 Å². The van der Waals surface area contributed by atoms with Crippen LogP contribution in [0.2, 0.25) is 5.02 Å². The summed E-state index contributed by atoms with van der Waals surface area (Å²) in [4.78, 5) is 11.0. The molecule has 1 amide bonds. The van der Waals surface area contributed by atoms with E-state index in [2.05, 4.69) is 25.4 Å². The van der Waals surface area contributed by atoms with Crippen molar-refractivity contribution in [2.24, 2.45) is 5.73 Å². The first-order chi connectivity index (χ1) is 8.35. The van der Waals surface area contributed by atoms with Gasteiger partial charge in [0.1, 0.15) is 0 Å². The molecule has 3 N–H and O–H groups in total. The molecule has 0 spiro atoms. The van der Waals surface area contributed by atoms with Crippen LogP contribution >= 0.6 is 23.4 Å². The first-order valence-corrected chi connectivity index (χ1v) is 7.30. The van der Waals surface area contributed by atoms with Crippen molar-refractivity contribution in [3.05, 3.63) is 34.3 Å². The van der Waals surface area contributed by atoms with E-state index in [0.717, 1.165) is 12.1 Å². The fourth-order valence-electron chi connectivity index (χ4n) is 1.41. The summed E-state index contributed by atoms with van der Waals surface area (Å²) in [6.07, 6.45) is 2.09. The number of carbonyl (C=O) groups excluding carboxylic acids is 1. The van der Waals surface area contributed by atoms with Gasteiger partial charge in [0, 0.05) is 28.4 Å². The number of benzene rings is 1. The van der Waals surface area contributed by atoms with Crippen LogP contribution in [0.1, 0.15) is 29.8 Å². The predicted octanol–water partition coefficient (Wildman–Crippen LogP) is 2.67. The first kappa shape index (κ1) is 15.3. The van der Waals surface area contributed by atoms with Gasteiger partial charge in [0.25, 0.3) is 0 Å². The van der Waals surface area contributed by atoms with E-state index >= 15 is 0 Å². The highest BCUT2D eigenvalue weighted by Gasteiger charge is 2.15. The largest absolute Gasteiger partial charge is 0.366 e. The maximum Gasteiger partial charge on any atom is 0.248 e. The molecular weight excluding hydrogens is 268 g/mol. The van der Waals surface area contributed by atoms with Gasteiger partial charge >= 0.3 is 0 Å². The van der Waals surface area contributed by atoms with Crippen molar-refractivity contribution in [3.63, 3.8) is 0 Å². The van der Waals surface area contributed by atoms with Crippen molar-refractivity contribution in [2.45, 2.75) is 25.1 Å². The van der Waals surface area contributed by atoms with Crippen molar-refractivity contribution >= 4 is 29.3 Å². The second-order valence-electron chi connectivity index (χ2n) is 4.74. The number of carbonyl (C=O) groups is 1. The molecule has 0 atom stereocenters. The standard InChI is InChI=1S/C13H19ClN2OS/c1-13(2,18-3)8-16-7-10-5-4-9(12(15)17)6-11(10)14/h4-6,16H,7-8H2,1-3H3,(H2,15,17). The molecule has 0 aromatic heterocycles. The third kappa shape index (κ3) is 4.52. The van der Waals surface area contributed by atoms with Gasteiger partial charge < -0.3 is 11.1 Å². The number of nitrogens with two attached hydrogens (primary N) is 1. The van der Waals surface area contributed by atoms with Crippen molar-refractivity contribution in [3.8, 4) is 0 Å². The van der Waals surface area contributed by atoms with Crippen LogP contribution < -0.4 is 11.1 Å². The van der Waals surface area contributed by atoms with E-state index in [1.54, 1.807) is 12.1 Å². The van der Waals surface area contributed by atoms with Gasteiger partial charge in [-0.15, -0.1) is 0 Å². The molecule has 1 rings (SSSR count). The zero-order chi connectivity index (χ0) is 13.8. The molecule has 5 heteroatoms. The summed E-state index contributed by atoms with van der Waals surface area (Å²) in [6.45, 7) is 5.94. The number of nitrogens with one attached hydrogen (secondary N) is 1. The number of hydrogen-bond donors (Lipinski definition) is 2. The van der Waals surface area contributed by atoms with Gasteiger partial charge in [-0.25, -0.2) is 0 Å². The minimum absolute atomic E-state index is 0.194. The zero-order valence-electron chi connectivity index (χ0n) is 10.9. The zero-order valence-corrected chi connectivity index (χ0v) is 12.5. The third-order valence-corrected chi connectivity index (χ3v) is 4.36.